The molecule has 0 N–H and O–H groups in total. The Morgan fingerprint density at radius 2 is 1.52 bits per heavy atom. The van der Waals surface area contributed by atoms with Crippen molar-refractivity contribution in [3.63, 3.8) is 0 Å². The summed E-state index contributed by atoms with van der Waals surface area (Å²) in [5.41, 5.74) is -6.63. The molecule has 2 atom stereocenters. The molecule has 0 bridgehead atoms. The summed E-state index contributed by atoms with van der Waals surface area (Å²) in [6, 6.07) is 6.71. The number of nitriles is 5. The summed E-state index contributed by atoms with van der Waals surface area (Å²) < 4.78 is 0. The van der Waals surface area contributed by atoms with Crippen LogP contribution < -0.4 is 0 Å². The van der Waals surface area contributed by atoms with Crippen LogP contribution in [0.3, 0.4) is 0 Å². The van der Waals surface area contributed by atoms with Gasteiger partial charge in [-0.3, -0.25) is 4.90 Å². The number of nitroso groups, excluding NO2 is 1. The third kappa shape index (κ3) is 1.47. The minimum absolute atomic E-state index is 1.12. The van der Waals surface area contributed by atoms with Gasteiger partial charge < -0.3 is 0 Å². The first-order valence-electron chi connectivity index (χ1n) is 5.67. The Hall–Kier alpha value is -3.25. The average Bonchev–Trinajstić information content (AvgIpc) is 2.52. The standard InChI is InChI=1S/C13H9N7O/c1-20(2)13(9-18)4-3-10(19-21)11(5-14,6-15)12(13,7-16)8-17/h3-4,10H,1-2H3. The van der Waals surface area contributed by atoms with Crippen molar-refractivity contribution in [1.29, 1.82) is 26.3 Å². The van der Waals surface area contributed by atoms with Crippen LogP contribution in [-0.4, -0.2) is 30.6 Å². The van der Waals surface area contributed by atoms with Crippen molar-refractivity contribution in [1.82, 2.24) is 4.90 Å². The molecule has 0 amide bonds. The summed E-state index contributed by atoms with van der Waals surface area (Å²) in [7, 11) is 2.87. The highest BCUT2D eigenvalue weighted by Gasteiger charge is 2.72. The fourth-order valence-electron chi connectivity index (χ4n) is 2.54. The highest BCUT2D eigenvalue weighted by molar-refractivity contribution is 5.53. The number of hydrogen-bond donors (Lipinski definition) is 0. The average molecular weight is 279 g/mol. The van der Waals surface area contributed by atoms with Crippen LogP contribution in [0, 0.1) is 72.4 Å². The Balaban J connectivity index is 4.05. The van der Waals surface area contributed by atoms with E-state index in [1.807, 2.05) is 6.07 Å². The van der Waals surface area contributed by atoms with Crippen molar-refractivity contribution in [2.75, 3.05) is 14.1 Å². The van der Waals surface area contributed by atoms with Gasteiger partial charge in [0.15, 0.2) is 5.54 Å². The third-order valence-electron chi connectivity index (χ3n) is 3.80. The number of likely N-dealkylation sites (N-methyl/N-ethyl adjacent to an activating group) is 1. The Labute approximate surface area is 121 Å². The molecule has 21 heavy (non-hydrogen) atoms. The molecule has 2 unspecified atom stereocenters. The molecule has 0 radical (unpaired) electrons. The molecule has 0 aromatic heterocycles. The van der Waals surface area contributed by atoms with Crippen molar-refractivity contribution >= 4 is 0 Å². The molecule has 0 heterocycles. The molecule has 0 spiro atoms. The van der Waals surface area contributed by atoms with Gasteiger partial charge in [-0.05, 0) is 20.2 Å². The van der Waals surface area contributed by atoms with Crippen molar-refractivity contribution in [3.05, 3.63) is 17.1 Å². The van der Waals surface area contributed by atoms with Crippen molar-refractivity contribution in [3.8, 4) is 30.3 Å². The first-order chi connectivity index (χ1) is 9.91. The number of hydrogen-bond acceptors (Lipinski definition) is 8. The van der Waals surface area contributed by atoms with E-state index in [2.05, 4.69) is 5.18 Å². The zero-order valence-electron chi connectivity index (χ0n) is 11.3. The number of rotatable bonds is 2. The van der Waals surface area contributed by atoms with E-state index in [1.165, 1.54) is 25.1 Å². The molecule has 8 nitrogen and oxygen atoms in total. The van der Waals surface area contributed by atoms with Crippen LogP contribution in [0.25, 0.3) is 0 Å². The van der Waals surface area contributed by atoms with Gasteiger partial charge in [-0.2, -0.15) is 31.2 Å². The predicted octanol–water partition coefficient (Wildman–Crippen LogP) is 0.582. The van der Waals surface area contributed by atoms with Gasteiger partial charge in [-0.1, -0.05) is 11.3 Å². The van der Waals surface area contributed by atoms with Crippen LogP contribution in [0.5, 0.6) is 0 Å². The quantitative estimate of drug-likeness (QED) is 0.529. The topological polar surface area (TPSA) is 152 Å². The second-order valence-corrected chi connectivity index (χ2v) is 4.69. The smallest absolute Gasteiger partial charge is 0.212 e. The summed E-state index contributed by atoms with van der Waals surface area (Å²) in [6.07, 6.45) is 2.30. The van der Waals surface area contributed by atoms with E-state index in [0.717, 1.165) is 6.08 Å². The lowest BCUT2D eigenvalue weighted by molar-refractivity contribution is 0.0888. The zero-order valence-corrected chi connectivity index (χ0v) is 11.3. The summed E-state index contributed by atoms with van der Waals surface area (Å²) in [6.45, 7) is 0. The second kappa shape index (κ2) is 5.03. The molecular formula is C13H9N7O. The molecule has 102 valence electrons. The van der Waals surface area contributed by atoms with E-state index in [1.54, 1.807) is 24.3 Å². The Bertz CT molecular complexity index is 675. The first-order valence-corrected chi connectivity index (χ1v) is 5.67. The van der Waals surface area contributed by atoms with Gasteiger partial charge in [0.2, 0.25) is 10.8 Å². The Morgan fingerprint density at radius 3 is 1.81 bits per heavy atom. The van der Waals surface area contributed by atoms with Crippen LogP contribution in [-0.2, 0) is 0 Å². The predicted molar refractivity (Wildman–Crippen MR) is 68.1 cm³/mol. The summed E-state index contributed by atoms with van der Waals surface area (Å²) in [5, 5.41) is 50.1. The first kappa shape index (κ1) is 15.8. The van der Waals surface area contributed by atoms with E-state index in [0.29, 0.717) is 0 Å². The molecule has 0 saturated carbocycles. The molecule has 0 fully saturated rings. The maximum Gasteiger partial charge on any atom is 0.212 e. The largest absolute Gasteiger partial charge is 0.286 e. The Morgan fingerprint density at radius 1 is 1.00 bits per heavy atom. The minimum Gasteiger partial charge on any atom is -0.286 e. The fraction of sp³-hybridized carbons (Fsp3) is 0.462. The lowest BCUT2D eigenvalue weighted by atomic mass is 9.51. The summed E-state index contributed by atoms with van der Waals surface area (Å²) in [4.78, 5) is 12.2. The highest BCUT2D eigenvalue weighted by atomic mass is 16.3. The molecule has 1 aliphatic rings. The molecule has 0 aromatic carbocycles. The molecule has 1 rings (SSSR count). The van der Waals surface area contributed by atoms with Crippen LogP contribution in [0.1, 0.15) is 0 Å². The normalized spacial score (nSPS) is 28.2. The molecule has 0 aliphatic heterocycles. The molecular weight excluding hydrogens is 270 g/mol. The van der Waals surface area contributed by atoms with Crippen LogP contribution >= 0.6 is 0 Å². The van der Waals surface area contributed by atoms with Crippen molar-refractivity contribution in [2.45, 2.75) is 11.6 Å². The van der Waals surface area contributed by atoms with Crippen LogP contribution in [0.2, 0.25) is 0 Å². The molecule has 0 saturated heterocycles. The second-order valence-electron chi connectivity index (χ2n) is 4.69. The maximum absolute atomic E-state index is 11.0. The fourth-order valence-corrected chi connectivity index (χ4v) is 2.54. The van der Waals surface area contributed by atoms with Crippen LogP contribution in [0.15, 0.2) is 17.3 Å². The zero-order chi connectivity index (χ0) is 16.3. The van der Waals surface area contributed by atoms with Crippen molar-refractivity contribution in [2.24, 2.45) is 16.0 Å². The van der Waals surface area contributed by atoms with Gasteiger partial charge in [-0.25, -0.2) is 0 Å². The van der Waals surface area contributed by atoms with E-state index in [-0.39, 0.29) is 0 Å². The van der Waals surface area contributed by atoms with Gasteiger partial charge in [0.05, 0.1) is 30.3 Å². The lowest BCUT2D eigenvalue weighted by Crippen LogP contribution is -2.65. The van der Waals surface area contributed by atoms with E-state index < -0.39 is 22.4 Å². The van der Waals surface area contributed by atoms with E-state index >= 15 is 0 Å². The van der Waals surface area contributed by atoms with Gasteiger partial charge >= 0.3 is 0 Å². The van der Waals surface area contributed by atoms with E-state index in [4.69, 9.17) is 0 Å². The van der Waals surface area contributed by atoms with Gasteiger partial charge in [0, 0.05) is 0 Å². The monoisotopic (exact) mass is 279 g/mol. The number of nitrogens with zero attached hydrogens (tertiary/aromatic N) is 7. The lowest BCUT2D eigenvalue weighted by Gasteiger charge is -2.48. The molecule has 8 heteroatoms. The van der Waals surface area contributed by atoms with Gasteiger partial charge in [0.1, 0.15) is 6.04 Å². The highest BCUT2D eigenvalue weighted by Crippen LogP contribution is 2.54. The maximum atomic E-state index is 11.0. The third-order valence-corrected chi connectivity index (χ3v) is 3.80. The minimum atomic E-state index is -2.39. The molecule has 0 aromatic rings. The van der Waals surface area contributed by atoms with E-state index in [9.17, 15) is 31.2 Å². The van der Waals surface area contributed by atoms with Gasteiger partial charge in [0.25, 0.3) is 0 Å². The van der Waals surface area contributed by atoms with Crippen LogP contribution in [0.4, 0.5) is 0 Å². The summed E-state index contributed by atoms with van der Waals surface area (Å²) >= 11 is 0. The molecule has 1 aliphatic carbocycles. The van der Waals surface area contributed by atoms with Crippen molar-refractivity contribution < 1.29 is 0 Å². The Kier molecular flexibility index (Phi) is 3.78. The summed E-state index contributed by atoms with van der Waals surface area (Å²) in [5.74, 6) is 0. The van der Waals surface area contributed by atoms with Gasteiger partial charge in [-0.15, -0.1) is 0 Å². The SMILES string of the molecule is CN(C)C1(C#N)C=CC(N=O)C(C#N)(C#N)C1(C#N)C#N.